The molecule has 0 spiro atoms. The van der Waals surface area contributed by atoms with E-state index in [2.05, 4.69) is 16.9 Å². The first-order chi connectivity index (χ1) is 5.81. The molecule has 0 saturated carbocycles. The molecular formula is C8H12N4. The van der Waals surface area contributed by atoms with Crippen LogP contribution in [-0.2, 0) is 0 Å². The highest BCUT2D eigenvalue weighted by atomic mass is 15.3. The first kappa shape index (κ1) is 7.36. The van der Waals surface area contributed by atoms with Crippen LogP contribution in [0.3, 0.4) is 0 Å². The highest BCUT2D eigenvalue weighted by Gasteiger charge is 2.23. The van der Waals surface area contributed by atoms with E-state index in [-0.39, 0.29) is 0 Å². The van der Waals surface area contributed by atoms with Crippen LogP contribution in [0.15, 0.2) is 12.8 Å². The first-order valence-corrected chi connectivity index (χ1v) is 3.99. The highest BCUT2D eigenvalue weighted by molar-refractivity contribution is 5.41. The average molecular weight is 164 g/mol. The van der Waals surface area contributed by atoms with Crippen molar-refractivity contribution < 1.29 is 0 Å². The van der Waals surface area contributed by atoms with Crippen LogP contribution in [0.5, 0.6) is 0 Å². The number of nitrogens with two attached hydrogens (primary N) is 1. The van der Waals surface area contributed by atoms with Gasteiger partial charge in [-0.3, -0.25) is 4.68 Å². The molecule has 1 aliphatic heterocycles. The van der Waals surface area contributed by atoms with Gasteiger partial charge in [-0.1, -0.05) is 6.58 Å². The summed E-state index contributed by atoms with van der Waals surface area (Å²) >= 11 is 0. The molecule has 0 radical (unpaired) electrons. The zero-order valence-corrected chi connectivity index (χ0v) is 6.83. The standard InChI is InChI=1S/C8H12N4/c1-2-7-5-12(9)8(11-7)6-3-10-4-6/h2,5-6,10H,1,3-4,9H2. The molecule has 12 heavy (non-hydrogen) atoms. The minimum Gasteiger partial charge on any atom is -0.338 e. The van der Waals surface area contributed by atoms with Crippen molar-refractivity contribution in [2.45, 2.75) is 5.92 Å². The summed E-state index contributed by atoms with van der Waals surface area (Å²) in [6.45, 7) is 5.60. The second-order valence-electron chi connectivity index (χ2n) is 2.99. The van der Waals surface area contributed by atoms with Gasteiger partial charge >= 0.3 is 0 Å². The zero-order valence-electron chi connectivity index (χ0n) is 6.83. The largest absolute Gasteiger partial charge is 0.338 e. The van der Waals surface area contributed by atoms with Crippen molar-refractivity contribution in [3.05, 3.63) is 24.3 Å². The van der Waals surface area contributed by atoms with Crippen LogP contribution in [-0.4, -0.2) is 22.7 Å². The maximum absolute atomic E-state index is 5.71. The van der Waals surface area contributed by atoms with E-state index < -0.39 is 0 Å². The second kappa shape index (κ2) is 2.64. The van der Waals surface area contributed by atoms with Crippen LogP contribution in [0.1, 0.15) is 17.4 Å². The Balaban J connectivity index is 2.29. The minimum atomic E-state index is 0.476. The summed E-state index contributed by atoms with van der Waals surface area (Å²) in [4.78, 5) is 4.33. The summed E-state index contributed by atoms with van der Waals surface area (Å²) in [6.07, 6.45) is 3.50. The molecule has 3 N–H and O–H groups in total. The van der Waals surface area contributed by atoms with Gasteiger partial charge in [0.15, 0.2) is 0 Å². The topological polar surface area (TPSA) is 55.9 Å². The average Bonchev–Trinajstić information content (AvgIpc) is 2.29. The van der Waals surface area contributed by atoms with Crippen LogP contribution < -0.4 is 11.2 Å². The number of imidazole rings is 1. The number of hydrogen-bond acceptors (Lipinski definition) is 3. The van der Waals surface area contributed by atoms with Gasteiger partial charge in [0.05, 0.1) is 11.9 Å². The molecule has 1 aromatic heterocycles. The van der Waals surface area contributed by atoms with Gasteiger partial charge in [0.2, 0.25) is 0 Å². The Morgan fingerprint density at radius 1 is 1.75 bits per heavy atom. The molecule has 1 fully saturated rings. The van der Waals surface area contributed by atoms with Crippen molar-refractivity contribution in [1.82, 2.24) is 15.0 Å². The summed E-state index contributed by atoms with van der Waals surface area (Å²) < 4.78 is 1.59. The second-order valence-corrected chi connectivity index (χ2v) is 2.99. The Hall–Kier alpha value is -1.29. The fraction of sp³-hybridized carbons (Fsp3) is 0.375. The highest BCUT2D eigenvalue weighted by Crippen LogP contribution is 2.17. The van der Waals surface area contributed by atoms with Crippen LogP contribution in [0.25, 0.3) is 6.08 Å². The van der Waals surface area contributed by atoms with Crippen LogP contribution in [0.2, 0.25) is 0 Å². The molecule has 0 unspecified atom stereocenters. The van der Waals surface area contributed by atoms with E-state index in [1.807, 2.05) is 0 Å². The Bertz CT molecular complexity index is 298. The van der Waals surface area contributed by atoms with E-state index in [1.165, 1.54) is 0 Å². The monoisotopic (exact) mass is 164 g/mol. The van der Waals surface area contributed by atoms with E-state index in [4.69, 9.17) is 5.84 Å². The zero-order chi connectivity index (χ0) is 8.55. The normalized spacial score (nSPS) is 17.3. The van der Waals surface area contributed by atoms with Crippen molar-refractivity contribution in [2.75, 3.05) is 18.9 Å². The molecule has 1 saturated heterocycles. The SMILES string of the molecule is C=Cc1cn(N)c(C2CNC2)n1. The summed E-state index contributed by atoms with van der Waals surface area (Å²) in [7, 11) is 0. The number of nitrogens with zero attached hydrogens (tertiary/aromatic N) is 2. The predicted octanol–water partition coefficient (Wildman–Crippen LogP) is -0.0733. The van der Waals surface area contributed by atoms with Crippen LogP contribution in [0, 0.1) is 0 Å². The Kier molecular flexibility index (Phi) is 1.62. The van der Waals surface area contributed by atoms with Crippen LogP contribution in [0.4, 0.5) is 0 Å². The molecule has 1 aliphatic rings. The molecule has 2 heterocycles. The Labute approximate surface area is 71.1 Å². The van der Waals surface area contributed by atoms with Gasteiger partial charge in [-0.15, -0.1) is 0 Å². The molecule has 0 aromatic carbocycles. The van der Waals surface area contributed by atoms with Gasteiger partial charge in [-0.05, 0) is 6.08 Å². The summed E-state index contributed by atoms with van der Waals surface area (Å²) in [6, 6.07) is 0. The molecule has 1 aromatic rings. The van der Waals surface area contributed by atoms with Crippen molar-refractivity contribution in [1.29, 1.82) is 0 Å². The van der Waals surface area contributed by atoms with Gasteiger partial charge < -0.3 is 11.2 Å². The third-order valence-electron chi connectivity index (χ3n) is 2.14. The van der Waals surface area contributed by atoms with Crippen molar-refractivity contribution >= 4 is 6.08 Å². The number of nitrogen functional groups attached to an aromatic ring is 1. The maximum Gasteiger partial charge on any atom is 0.133 e. The van der Waals surface area contributed by atoms with E-state index >= 15 is 0 Å². The van der Waals surface area contributed by atoms with Gasteiger partial charge in [-0.25, -0.2) is 4.98 Å². The van der Waals surface area contributed by atoms with Gasteiger partial charge in [0, 0.05) is 19.0 Å². The van der Waals surface area contributed by atoms with Crippen molar-refractivity contribution in [3.63, 3.8) is 0 Å². The lowest BCUT2D eigenvalue weighted by Crippen LogP contribution is -2.42. The Morgan fingerprint density at radius 3 is 2.92 bits per heavy atom. The van der Waals surface area contributed by atoms with Crippen molar-refractivity contribution in [3.8, 4) is 0 Å². The lowest BCUT2D eigenvalue weighted by atomic mass is 10.0. The molecule has 0 aliphatic carbocycles. The molecule has 0 atom stereocenters. The van der Waals surface area contributed by atoms with E-state index in [9.17, 15) is 0 Å². The van der Waals surface area contributed by atoms with E-state index in [0.29, 0.717) is 5.92 Å². The molecule has 0 amide bonds. The van der Waals surface area contributed by atoms with Crippen molar-refractivity contribution in [2.24, 2.45) is 0 Å². The third kappa shape index (κ3) is 1.00. The summed E-state index contributed by atoms with van der Waals surface area (Å²) in [5, 5.41) is 3.18. The lowest BCUT2D eigenvalue weighted by Gasteiger charge is -2.25. The number of rotatable bonds is 2. The van der Waals surface area contributed by atoms with E-state index in [1.54, 1.807) is 16.9 Å². The molecule has 4 nitrogen and oxygen atoms in total. The molecular weight excluding hydrogens is 152 g/mol. The number of hydrogen-bond donors (Lipinski definition) is 2. The lowest BCUT2D eigenvalue weighted by molar-refractivity contribution is 0.424. The maximum atomic E-state index is 5.71. The minimum absolute atomic E-state index is 0.476. The third-order valence-corrected chi connectivity index (χ3v) is 2.14. The number of aromatic nitrogens is 2. The Morgan fingerprint density at radius 2 is 2.50 bits per heavy atom. The quantitative estimate of drug-likeness (QED) is 0.601. The van der Waals surface area contributed by atoms with Crippen LogP contribution >= 0.6 is 0 Å². The molecule has 2 rings (SSSR count). The first-order valence-electron chi connectivity index (χ1n) is 3.99. The fourth-order valence-corrected chi connectivity index (χ4v) is 1.30. The molecule has 4 heteroatoms. The van der Waals surface area contributed by atoms with E-state index in [0.717, 1.165) is 24.6 Å². The van der Waals surface area contributed by atoms with Gasteiger partial charge in [-0.2, -0.15) is 0 Å². The summed E-state index contributed by atoms with van der Waals surface area (Å²) in [5.41, 5.74) is 0.847. The fourth-order valence-electron chi connectivity index (χ4n) is 1.30. The smallest absolute Gasteiger partial charge is 0.133 e. The molecule has 0 bridgehead atoms. The van der Waals surface area contributed by atoms with Gasteiger partial charge in [0.25, 0.3) is 0 Å². The summed E-state index contributed by atoms with van der Waals surface area (Å²) in [5.74, 6) is 7.13. The van der Waals surface area contributed by atoms with Gasteiger partial charge in [0.1, 0.15) is 5.82 Å². The number of nitrogens with one attached hydrogen (secondary N) is 1. The predicted molar refractivity (Wildman–Crippen MR) is 48.1 cm³/mol. The molecule has 64 valence electrons.